The van der Waals surface area contributed by atoms with Crippen molar-refractivity contribution in [2.24, 2.45) is 5.92 Å². The molecule has 3 fully saturated rings. The Labute approximate surface area is 137 Å². The van der Waals surface area contributed by atoms with E-state index in [0.29, 0.717) is 18.5 Å². The van der Waals surface area contributed by atoms with E-state index >= 15 is 0 Å². The van der Waals surface area contributed by atoms with Gasteiger partial charge in [-0.2, -0.15) is 0 Å². The number of rotatable bonds is 3. The number of hydrogen-bond donors (Lipinski definition) is 0. The molecule has 2 heterocycles. The molecular weight excluding hydrogens is 308 g/mol. The number of carbonyl (C=O) groups is 2. The number of hydrogen-bond acceptors (Lipinski definition) is 4. The molecule has 0 radical (unpaired) electrons. The Balaban J connectivity index is 1.73. The van der Waals surface area contributed by atoms with Crippen LogP contribution >= 0.6 is 0 Å². The highest BCUT2D eigenvalue weighted by Crippen LogP contribution is 2.54. The number of anilines is 1. The van der Waals surface area contributed by atoms with Crippen LogP contribution in [0.1, 0.15) is 18.4 Å². The number of non-ortho nitro benzene ring substituents is 1. The van der Waals surface area contributed by atoms with Gasteiger partial charge in [0.2, 0.25) is 11.8 Å². The van der Waals surface area contributed by atoms with Crippen molar-refractivity contribution in [1.29, 1.82) is 0 Å². The Bertz CT molecular complexity index is 839. The lowest BCUT2D eigenvalue weighted by molar-refractivity contribution is -0.384. The van der Waals surface area contributed by atoms with Crippen molar-refractivity contribution in [2.45, 2.75) is 18.3 Å². The van der Waals surface area contributed by atoms with Gasteiger partial charge in [0.25, 0.3) is 5.69 Å². The molecule has 1 saturated carbocycles. The van der Waals surface area contributed by atoms with Crippen molar-refractivity contribution in [2.75, 3.05) is 4.90 Å². The van der Waals surface area contributed by atoms with Crippen LogP contribution in [0.15, 0.2) is 54.6 Å². The first-order chi connectivity index (χ1) is 11.5. The molecule has 3 aliphatic rings. The molecular formula is C18H14N2O4. The second-order valence-corrected chi connectivity index (χ2v) is 6.31. The van der Waals surface area contributed by atoms with Crippen molar-refractivity contribution in [1.82, 2.24) is 0 Å². The maximum absolute atomic E-state index is 13.1. The summed E-state index contributed by atoms with van der Waals surface area (Å²) in [6.07, 6.45) is 0.956. The van der Waals surface area contributed by atoms with Gasteiger partial charge >= 0.3 is 0 Å². The van der Waals surface area contributed by atoms with Crippen LogP contribution in [0.5, 0.6) is 0 Å². The van der Waals surface area contributed by atoms with Crippen molar-refractivity contribution in [3.8, 4) is 0 Å². The zero-order valence-electron chi connectivity index (χ0n) is 12.7. The van der Waals surface area contributed by atoms with Gasteiger partial charge in [-0.1, -0.05) is 30.3 Å². The van der Waals surface area contributed by atoms with Crippen LogP contribution in [-0.4, -0.2) is 16.7 Å². The summed E-state index contributed by atoms with van der Waals surface area (Å²) in [6.45, 7) is 0. The summed E-state index contributed by atoms with van der Waals surface area (Å²) >= 11 is 0. The third kappa shape index (κ3) is 1.89. The summed E-state index contributed by atoms with van der Waals surface area (Å²) in [7, 11) is 0. The van der Waals surface area contributed by atoms with Gasteiger partial charge < -0.3 is 0 Å². The van der Waals surface area contributed by atoms with Crippen LogP contribution in [0.25, 0.3) is 0 Å². The van der Waals surface area contributed by atoms with Gasteiger partial charge in [0.1, 0.15) is 0 Å². The molecule has 6 nitrogen and oxygen atoms in total. The van der Waals surface area contributed by atoms with Crippen molar-refractivity contribution in [3.05, 3.63) is 70.3 Å². The molecule has 24 heavy (non-hydrogen) atoms. The summed E-state index contributed by atoms with van der Waals surface area (Å²) in [5.41, 5.74) is 0.556. The third-order valence-corrected chi connectivity index (χ3v) is 5.02. The van der Waals surface area contributed by atoms with Crippen LogP contribution < -0.4 is 4.90 Å². The largest absolute Gasteiger partial charge is 0.274 e. The highest BCUT2D eigenvalue weighted by molar-refractivity contribution is 6.23. The molecule has 1 aliphatic carbocycles. The lowest BCUT2D eigenvalue weighted by Gasteiger charge is -2.53. The monoisotopic (exact) mass is 322 g/mol. The first-order valence-electron chi connectivity index (χ1n) is 7.71. The summed E-state index contributed by atoms with van der Waals surface area (Å²) < 4.78 is 0. The number of nitrogens with zero attached hydrogens (tertiary/aromatic N) is 2. The van der Waals surface area contributed by atoms with Crippen LogP contribution in [0.3, 0.4) is 0 Å². The van der Waals surface area contributed by atoms with Gasteiger partial charge in [-0.25, -0.2) is 4.90 Å². The smallest absolute Gasteiger partial charge is 0.269 e. The Kier molecular flexibility index (Phi) is 3.03. The van der Waals surface area contributed by atoms with Crippen LogP contribution in [-0.2, 0) is 15.0 Å². The number of benzene rings is 2. The van der Waals surface area contributed by atoms with E-state index in [9.17, 15) is 19.7 Å². The molecule has 5 rings (SSSR count). The first-order valence-corrected chi connectivity index (χ1v) is 7.71. The second kappa shape index (κ2) is 4.99. The molecule has 2 saturated heterocycles. The summed E-state index contributed by atoms with van der Waals surface area (Å²) in [6, 6.07) is 15.0. The van der Waals surface area contributed by atoms with Crippen molar-refractivity contribution >= 4 is 23.2 Å². The second-order valence-electron chi connectivity index (χ2n) is 6.31. The Hall–Kier alpha value is -3.02. The van der Waals surface area contributed by atoms with Crippen LogP contribution in [0, 0.1) is 16.0 Å². The van der Waals surface area contributed by atoms with E-state index in [2.05, 4.69) is 0 Å². The van der Waals surface area contributed by atoms with Crippen molar-refractivity contribution < 1.29 is 14.5 Å². The van der Waals surface area contributed by atoms with E-state index in [0.717, 1.165) is 5.56 Å². The Morgan fingerprint density at radius 1 is 1.00 bits per heavy atom. The van der Waals surface area contributed by atoms with E-state index in [1.165, 1.54) is 17.0 Å². The van der Waals surface area contributed by atoms with Gasteiger partial charge in [-0.05, 0) is 30.5 Å². The minimum absolute atomic E-state index is 0.00901. The maximum Gasteiger partial charge on any atom is 0.269 e. The van der Waals surface area contributed by atoms with E-state index < -0.39 is 10.3 Å². The molecule has 0 atom stereocenters. The average molecular weight is 322 g/mol. The van der Waals surface area contributed by atoms with Gasteiger partial charge in [0.05, 0.1) is 16.0 Å². The highest BCUT2D eigenvalue weighted by Gasteiger charge is 2.61. The number of fused-ring (bicyclic) bond motifs is 2. The molecule has 2 aliphatic heterocycles. The van der Waals surface area contributed by atoms with Gasteiger partial charge in [-0.15, -0.1) is 0 Å². The Morgan fingerprint density at radius 2 is 1.62 bits per heavy atom. The fourth-order valence-corrected chi connectivity index (χ4v) is 3.71. The van der Waals surface area contributed by atoms with Gasteiger partial charge in [0, 0.05) is 18.1 Å². The first kappa shape index (κ1) is 14.6. The SMILES string of the molecule is O=C1C2CC(c3ccc([N+](=O)[O-])cc3)(C2)C(=O)N1c1ccccc1. The standard InChI is InChI=1S/C18H14N2O4/c21-16-12-10-18(11-12,13-6-8-15(9-7-13)20(23)24)17(22)19(16)14-4-2-1-3-5-14/h1-9,12H,10-11H2. The number of nitro groups is 1. The molecule has 2 bridgehead atoms. The summed E-state index contributed by atoms with van der Waals surface area (Å²) in [5, 5.41) is 10.8. The zero-order valence-corrected chi connectivity index (χ0v) is 12.7. The molecule has 0 N–H and O–H groups in total. The minimum atomic E-state index is -0.746. The van der Waals surface area contributed by atoms with Crippen LogP contribution in [0.4, 0.5) is 11.4 Å². The molecule has 6 heteroatoms. The van der Waals surface area contributed by atoms with Crippen molar-refractivity contribution in [3.63, 3.8) is 0 Å². The molecule has 2 aromatic carbocycles. The Morgan fingerprint density at radius 3 is 2.21 bits per heavy atom. The lowest BCUT2D eigenvalue weighted by Crippen LogP contribution is -2.66. The summed E-state index contributed by atoms with van der Waals surface area (Å²) in [5.74, 6) is -0.567. The number of carbonyl (C=O) groups excluding carboxylic acids is 2. The number of piperidine rings is 2. The summed E-state index contributed by atoms with van der Waals surface area (Å²) in [4.78, 5) is 37.2. The highest BCUT2D eigenvalue weighted by atomic mass is 16.6. The molecule has 2 amide bonds. The van der Waals surface area contributed by atoms with E-state index in [1.54, 1.807) is 36.4 Å². The molecule has 0 aromatic heterocycles. The van der Waals surface area contributed by atoms with Gasteiger partial charge in [0.15, 0.2) is 0 Å². The number of para-hydroxylation sites is 1. The fraction of sp³-hybridized carbons (Fsp3) is 0.222. The quantitative estimate of drug-likeness (QED) is 0.494. The lowest BCUT2D eigenvalue weighted by atomic mass is 9.55. The number of nitro benzene ring substituents is 1. The topological polar surface area (TPSA) is 80.5 Å². The zero-order chi connectivity index (χ0) is 16.9. The molecule has 0 spiro atoms. The van der Waals surface area contributed by atoms with Crippen LogP contribution in [0.2, 0.25) is 0 Å². The van der Waals surface area contributed by atoms with Gasteiger partial charge in [-0.3, -0.25) is 19.7 Å². The predicted octanol–water partition coefficient (Wildman–Crippen LogP) is 2.82. The average Bonchev–Trinajstić information content (AvgIpc) is 2.55. The fourth-order valence-electron chi connectivity index (χ4n) is 3.71. The third-order valence-electron chi connectivity index (χ3n) is 5.02. The molecule has 0 unspecified atom stereocenters. The van der Waals surface area contributed by atoms with E-state index in [1.807, 2.05) is 6.07 Å². The van der Waals surface area contributed by atoms with E-state index in [-0.39, 0.29) is 23.4 Å². The number of imide groups is 1. The molecule has 2 aromatic rings. The normalized spacial score (nSPS) is 25.3. The maximum atomic E-state index is 13.1. The number of amides is 2. The minimum Gasteiger partial charge on any atom is -0.274 e. The van der Waals surface area contributed by atoms with E-state index in [4.69, 9.17) is 0 Å². The molecule has 120 valence electrons. The predicted molar refractivity (Wildman–Crippen MR) is 86.4 cm³/mol.